The Morgan fingerprint density at radius 3 is 2.16 bits per heavy atom. The van der Waals surface area contributed by atoms with Crippen LogP contribution in [0, 0.1) is 11.3 Å². The molecule has 184 valence electrons. The van der Waals surface area contributed by atoms with E-state index in [0.717, 1.165) is 15.7 Å². The van der Waals surface area contributed by atoms with Crippen molar-refractivity contribution in [1.29, 1.82) is 5.26 Å². The maximum atomic E-state index is 11.4. The molecule has 0 spiro atoms. The fraction of sp³-hybridized carbons (Fsp3) is 0.826. The van der Waals surface area contributed by atoms with Crippen molar-refractivity contribution in [2.45, 2.75) is 95.6 Å². The Kier molecular flexibility index (Phi) is 20.2. The highest BCUT2D eigenvalue weighted by molar-refractivity contribution is 8.47. The first kappa shape index (κ1) is 31.2. The van der Waals surface area contributed by atoms with Gasteiger partial charge in [-0.05, 0) is 31.9 Å². The summed E-state index contributed by atoms with van der Waals surface area (Å²) in [6.45, 7) is 3.33. The van der Waals surface area contributed by atoms with E-state index in [1.165, 1.54) is 69.5 Å². The molecular weight excluding hydrogens is 466 g/mol. The number of unbranched alkanes of at least 4 members (excludes halogenated alkanes) is 9. The second-order valence-electron chi connectivity index (χ2n) is 7.94. The van der Waals surface area contributed by atoms with Crippen LogP contribution in [0.1, 0.15) is 90.9 Å². The Balaban J connectivity index is 3.79. The van der Waals surface area contributed by atoms with E-state index in [1.807, 2.05) is 6.92 Å². The van der Waals surface area contributed by atoms with E-state index >= 15 is 0 Å². The van der Waals surface area contributed by atoms with Crippen molar-refractivity contribution < 1.29 is 24.2 Å². The van der Waals surface area contributed by atoms with Crippen LogP contribution in [0.2, 0.25) is 0 Å². The number of hydrogen-bond acceptors (Lipinski definition) is 8. The monoisotopic (exact) mass is 505 g/mol. The third kappa shape index (κ3) is 19.8. The minimum absolute atomic E-state index is 0.158. The molecule has 0 aromatic heterocycles. The lowest BCUT2D eigenvalue weighted by molar-refractivity contribution is -0.152. The molecular formula is C23H39NO5S3. The second-order valence-corrected chi connectivity index (χ2v) is 11.7. The predicted molar refractivity (Wildman–Crippen MR) is 137 cm³/mol. The normalized spacial score (nSPS) is 12.7. The largest absolute Gasteiger partial charge is 0.480 e. The van der Waals surface area contributed by atoms with Gasteiger partial charge in [-0.1, -0.05) is 88.7 Å². The fourth-order valence-electron chi connectivity index (χ4n) is 2.95. The van der Waals surface area contributed by atoms with Gasteiger partial charge >= 0.3 is 11.9 Å². The molecule has 0 aliphatic rings. The van der Waals surface area contributed by atoms with E-state index in [4.69, 9.17) is 22.1 Å². The number of rotatable bonds is 20. The SMILES string of the molecule is CCCCCCCCCCCCSC(=S)SC(C)(C#N)CCCOC(=O)COCC(=O)O. The van der Waals surface area contributed by atoms with Gasteiger partial charge in [-0.15, -0.1) is 11.8 Å². The molecule has 0 amide bonds. The van der Waals surface area contributed by atoms with Crippen molar-refractivity contribution in [2.75, 3.05) is 25.6 Å². The van der Waals surface area contributed by atoms with Crippen LogP contribution in [0.5, 0.6) is 0 Å². The molecule has 9 heteroatoms. The van der Waals surface area contributed by atoms with Gasteiger partial charge in [0.15, 0.2) is 0 Å². The number of carbonyl (C=O) groups is 2. The number of thiocarbonyl (C=S) groups is 1. The van der Waals surface area contributed by atoms with E-state index in [1.54, 1.807) is 11.8 Å². The molecule has 0 aliphatic carbocycles. The van der Waals surface area contributed by atoms with Crippen molar-refractivity contribution in [3.05, 3.63) is 0 Å². The van der Waals surface area contributed by atoms with E-state index in [9.17, 15) is 14.9 Å². The van der Waals surface area contributed by atoms with E-state index in [0.29, 0.717) is 12.8 Å². The molecule has 0 fully saturated rings. The molecule has 0 aromatic carbocycles. The number of carboxylic acid groups (broad SMARTS) is 1. The number of nitrogens with zero attached hydrogens (tertiary/aromatic N) is 1. The Labute approximate surface area is 207 Å². The Morgan fingerprint density at radius 2 is 1.59 bits per heavy atom. The summed E-state index contributed by atoms with van der Waals surface area (Å²) in [6.07, 6.45) is 14.1. The average Bonchev–Trinajstić information content (AvgIpc) is 2.75. The number of esters is 1. The summed E-state index contributed by atoms with van der Waals surface area (Å²) in [5.41, 5.74) is 0. The first-order valence-electron chi connectivity index (χ1n) is 11.5. The molecule has 0 aromatic rings. The summed E-state index contributed by atoms with van der Waals surface area (Å²) in [5.74, 6) is -0.764. The van der Waals surface area contributed by atoms with Crippen molar-refractivity contribution in [2.24, 2.45) is 0 Å². The maximum Gasteiger partial charge on any atom is 0.332 e. The average molecular weight is 506 g/mol. The smallest absolute Gasteiger partial charge is 0.332 e. The third-order valence-electron chi connectivity index (χ3n) is 4.77. The van der Waals surface area contributed by atoms with Gasteiger partial charge in [0.05, 0.1) is 12.7 Å². The fourth-order valence-corrected chi connectivity index (χ4v) is 5.96. The van der Waals surface area contributed by atoms with Crippen LogP contribution in [-0.4, -0.2) is 50.9 Å². The third-order valence-corrected chi connectivity index (χ3v) is 7.62. The highest BCUT2D eigenvalue weighted by Gasteiger charge is 2.26. The highest BCUT2D eigenvalue weighted by atomic mass is 32.2. The zero-order valence-corrected chi connectivity index (χ0v) is 22.0. The molecule has 1 atom stereocenters. The molecule has 0 bridgehead atoms. The number of ether oxygens (including phenoxy) is 2. The predicted octanol–water partition coefficient (Wildman–Crippen LogP) is 6.37. The van der Waals surface area contributed by atoms with E-state index in [2.05, 4.69) is 17.7 Å². The van der Waals surface area contributed by atoms with Crippen molar-refractivity contribution in [3.8, 4) is 6.07 Å². The summed E-state index contributed by atoms with van der Waals surface area (Å²) >= 11 is 8.50. The van der Waals surface area contributed by atoms with E-state index in [-0.39, 0.29) is 6.61 Å². The van der Waals surface area contributed by atoms with E-state index < -0.39 is 29.9 Å². The summed E-state index contributed by atoms with van der Waals surface area (Å²) in [7, 11) is 0. The van der Waals surface area contributed by atoms with Gasteiger partial charge in [0, 0.05) is 0 Å². The van der Waals surface area contributed by atoms with Gasteiger partial charge in [0.1, 0.15) is 21.5 Å². The summed E-state index contributed by atoms with van der Waals surface area (Å²) < 4.78 is 9.79. The molecule has 0 saturated heterocycles. The molecule has 0 radical (unpaired) electrons. The van der Waals surface area contributed by atoms with Gasteiger partial charge in [-0.2, -0.15) is 5.26 Å². The van der Waals surface area contributed by atoms with Gasteiger partial charge in [-0.3, -0.25) is 0 Å². The Bertz CT molecular complexity index is 582. The van der Waals surface area contributed by atoms with Crippen LogP contribution >= 0.6 is 35.7 Å². The van der Waals surface area contributed by atoms with Crippen LogP contribution in [0.25, 0.3) is 0 Å². The van der Waals surface area contributed by atoms with Crippen LogP contribution in [0.4, 0.5) is 0 Å². The highest BCUT2D eigenvalue weighted by Crippen LogP contribution is 2.34. The van der Waals surface area contributed by atoms with Crippen molar-refractivity contribution in [3.63, 3.8) is 0 Å². The number of nitriles is 1. The molecule has 1 unspecified atom stereocenters. The zero-order chi connectivity index (χ0) is 24.1. The first-order valence-corrected chi connectivity index (χ1v) is 13.8. The zero-order valence-electron chi connectivity index (χ0n) is 19.6. The Hall–Kier alpha value is -0.820. The maximum absolute atomic E-state index is 11.4. The van der Waals surface area contributed by atoms with Gasteiger partial charge in [-0.25, -0.2) is 9.59 Å². The minimum Gasteiger partial charge on any atom is -0.480 e. The number of hydrogen-bond donors (Lipinski definition) is 1. The standard InChI is InChI=1S/C23H39NO5S3/c1-3-4-5-6-7-8-9-10-11-12-16-31-22(30)32-23(2,19-24)14-13-15-29-21(27)18-28-17-20(25)26/h3-18H2,1-2H3,(H,25,26). The lowest BCUT2D eigenvalue weighted by Gasteiger charge is -2.20. The molecule has 0 heterocycles. The minimum atomic E-state index is -1.14. The number of carbonyl (C=O) groups excluding carboxylic acids is 1. The lowest BCUT2D eigenvalue weighted by Crippen LogP contribution is -2.21. The molecule has 32 heavy (non-hydrogen) atoms. The molecule has 6 nitrogen and oxygen atoms in total. The summed E-state index contributed by atoms with van der Waals surface area (Å²) in [5, 5.41) is 18.0. The van der Waals surface area contributed by atoms with Crippen LogP contribution in [0.15, 0.2) is 0 Å². The second kappa shape index (κ2) is 20.8. The first-order chi connectivity index (χ1) is 15.3. The molecule has 1 N–H and O–H groups in total. The number of thioether (sulfide) groups is 2. The van der Waals surface area contributed by atoms with Gasteiger partial charge in [0.25, 0.3) is 0 Å². The Morgan fingerprint density at radius 1 is 1.00 bits per heavy atom. The summed E-state index contributed by atoms with van der Waals surface area (Å²) in [6, 6.07) is 2.32. The lowest BCUT2D eigenvalue weighted by atomic mass is 10.1. The topological polar surface area (TPSA) is 96.6 Å². The van der Waals surface area contributed by atoms with Crippen LogP contribution in [-0.2, 0) is 19.1 Å². The number of aliphatic carboxylic acids is 1. The van der Waals surface area contributed by atoms with Gasteiger partial charge in [0.2, 0.25) is 0 Å². The van der Waals surface area contributed by atoms with Crippen LogP contribution < -0.4 is 0 Å². The quantitative estimate of drug-likeness (QED) is 0.115. The molecule has 0 saturated carbocycles. The summed E-state index contributed by atoms with van der Waals surface area (Å²) in [4.78, 5) is 21.8. The van der Waals surface area contributed by atoms with Crippen molar-refractivity contribution in [1.82, 2.24) is 0 Å². The van der Waals surface area contributed by atoms with Crippen LogP contribution in [0.3, 0.4) is 0 Å². The number of carboxylic acids is 1. The molecule has 0 aliphatic heterocycles. The van der Waals surface area contributed by atoms with Gasteiger partial charge < -0.3 is 14.6 Å². The van der Waals surface area contributed by atoms with Crippen molar-refractivity contribution >= 4 is 51.2 Å². The molecule has 0 rings (SSSR count).